The number of carbonyl (C=O) groups is 2. The maximum atomic E-state index is 12.1. The van der Waals surface area contributed by atoms with E-state index in [-0.39, 0.29) is 25.6 Å². The van der Waals surface area contributed by atoms with Gasteiger partial charge in [0.05, 0.1) is 18.8 Å². The molecule has 0 atom stereocenters. The molecule has 1 fully saturated rings. The summed E-state index contributed by atoms with van der Waals surface area (Å²) in [6.45, 7) is 3.08. The number of aryl methyl sites for hydroxylation is 2. The van der Waals surface area contributed by atoms with Crippen molar-refractivity contribution in [2.45, 2.75) is 26.4 Å². The van der Waals surface area contributed by atoms with E-state index >= 15 is 0 Å². The fourth-order valence-corrected chi connectivity index (χ4v) is 2.51. The van der Waals surface area contributed by atoms with Crippen LogP contribution in [-0.2, 0) is 18.9 Å². The zero-order chi connectivity index (χ0) is 19.2. The third-order valence-corrected chi connectivity index (χ3v) is 4.12. The second-order valence-electron chi connectivity index (χ2n) is 6.45. The Morgan fingerprint density at radius 3 is 1.96 bits per heavy atom. The molecule has 1 aliphatic rings. The number of ether oxygens (including phenoxy) is 4. The highest BCUT2D eigenvalue weighted by Gasteiger charge is 2.26. The van der Waals surface area contributed by atoms with Gasteiger partial charge in [0.15, 0.2) is 5.78 Å². The normalized spacial score (nSPS) is 19.5. The van der Waals surface area contributed by atoms with Crippen LogP contribution in [0, 0.1) is 13.8 Å². The highest BCUT2D eigenvalue weighted by Crippen LogP contribution is 2.13. The number of hydrogen-bond acceptors (Lipinski definition) is 6. The minimum absolute atomic E-state index is 0.140. The second-order valence-corrected chi connectivity index (χ2v) is 6.45. The maximum absolute atomic E-state index is 12.1. The lowest BCUT2D eigenvalue weighted by atomic mass is 10.1. The lowest BCUT2D eigenvalue weighted by Crippen LogP contribution is -2.40. The van der Waals surface area contributed by atoms with E-state index < -0.39 is 18.5 Å². The molecule has 1 aliphatic heterocycles. The molecule has 27 heavy (non-hydrogen) atoms. The van der Waals surface area contributed by atoms with Crippen molar-refractivity contribution in [3.63, 3.8) is 0 Å². The van der Waals surface area contributed by atoms with Crippen molar-refractivity contribution < 1.29 is 28.5 Å². The van der Waals surface area contributed by atoms with Crippen LogP contribution in [0.3, 0.4) is 0 Å². The Bertz CT molecular complexity index is 773. The summed E-state index contributed by atoms with van der Waals surface area (Å²) in [5.41, 5.74) is 3.19. The smallest absolute Gasteiger partial charge is 0.338 e. The lowest BCUT2D eigenvalue weighted by Gasteiger charge is -2.28. The predicted octanol–water partition coefficient (Wildman–Crippen LogP) is 3.06. The molecule has 0 N–H and O–H groups in total. The van der Waals surface area contributed by atoms with Crippen LogP contribution in [0.15, 0.2) is 48.5 Å². The summed E-state index contributed by atoms with van der Waals surface area (Å²) in [6.07, 6.45) is -0.522. The van der Waals surface area contributed by atoms with Crippen LogP contribution in [0.5, 0.6) is 0 Å². The summed E-state index contributed by atoms with van der Waals surface area (Å²) in [7, 11) is 0. The van der Waals surface area contributed by atoms with Crippen molar-refractivity contribution in [1.82, 2.24) is 0 Å². The molecule has 6 nitrogen and oxygen atoms in total. The molecule has 0 radical (unpaired) electrons. The summed E-state index contributed by atoms with van der Waals surface area (Å²) in [5.74, 6) is -0.587. The van der Waals surface area contributed by atoms with Gasteiger partial charge in [0.2, 0.25) is 0 Å². The van der Waals surface area contributed by atoms with Gasteiger partial charge < -0.3 is 18.9 Å². The van der Waals surface area contributed by atoms with Gasteiger partial charge in [0.25, 0.3) is 6.48 Å². The van der Waals surface area contributed by atoms with Gasteiger partial charge in [-0.3, -0.25) is 4.79 Å². The molecular formula is C21H22O6. The molecular weight excluding hydrogens is 348 g/mol. The van der Waals surface area contributed by atoms with Crippen LogP contribution >= 0.6 is 0 Å². The van der Waals surface area contributed by atoms with E-state index in [4.69, 9.17) is 18.9 Å². The van der Waals surface area contributed by atoms with E-state index in [0.29, 0.717) is 11.1 Å². The van der Waals surface area contributed by atoms with Crippen LogP contribution in [0.4, 0.5) is 0 Å². The number of carbonyl (C=O) groups excluding carboxylic acids is 2. The standard InChI is InChI=1S/C21H22O6/c1-14-3-7-16(8-4-14)19(22)13-26-21-24-11-18(12-25-21)27-20(23)17-9-5-15(2)6-10-17/h3-10,18,21H,11-13H2,1-2H3. The molecule has 0 bridgehead atoms. The Kier molecular flexibility index (Phi) is 6.34. The van der Waals surface area contributed by atoms with Gasteiger partial charge in [-0.2, -0.15) is 0 Å². The summed E-state index contributed by atoms with van der Waals surface area (Å²) in [4.78, 5) is 24.2. The molecule has 2 aromatic rings. The van der Waals surface area contributed by atoms with Crippen LogP contribution in [-0.4, -0.2) is 44.2 Å². The van der Waals surface area contributed by atoms with E-state index in [0.717, 1.165) is 11.1 Å². The first-order valence-electron chi connectivity index (χ1n) is 8.73. The first-order valence-corrected chi connectivity index (χ1v) is 8.73. The molecule has 3 rings (SSSR count). The van der Waals surface area contributed by atoms with Crippen molar-refractivity contribution in [2.24, 2.45) is 0 Å². The van der Waals surface area contributed by atoms with Gasteiger partial charge >= 0.3 is 5.97 Å². The van der Waals surface area contributed by atoms with Crippen LogP contribution in [0.2, 0.25) is 0 Å². The van der Waals surface area contributed by atoms with Crippen molar-refractivity contribution in [3.05, 3.63) is 70.8 Å². The Morgan fingerprint density at radius 2 is 1.41 bits per heavy atom. The molecule has 1 heterocycles. The fraction of sp³-hybridized carbons (Fsp3) is 0.333. The third-order valence-electron chi connectivity index (χ3n) is 4.12. The number of hydrogen-bond donors (Lipinski definition) is 0. The fourth-order valence-electron chi connectivity index (χ4n) is 2.51. The largest absolute Gasteiger partial charge is 0.454 e. The van der Waals surface area contributed by atoms with Gasteiger partial charge in [-0.05, 0) is 26.0 Å². The molecule has 0 unspecified atom stereocenters. The molecule has 142 valence electrons. The quantitative estimate of drug-likeness (QED) is 0.575. The van der Waals surface area contributed by atoms with Crippen molar-refractivity contribution in [2.75, 3.05) is 19.8 Å². The highest BCUT2D eigenvalue weighted by atomic mass is 16.9. The first-order chi connectivity index (χ1) is 13.0. The average molecular weight is 370 g/mol. The van der Waals surface area contributed by atoms with E-state index in [1.54, 1.807) is 24.3 Å². The Labute approximate surface area is 158 Å². The number of Topliss-reactive ketones (excluding diaryl/α,β-unsaturated/α-hetero) is 1. The van der Waals surface area contributed by atoms with E-state index in [1.807, 2.05) is 38.1 Å². The topological polar surface area (TPSA) is 71.1 Å². The maximum Gasteiger partial charge on any atom is 0.338 e. The van der Waals surface area contributed by atoms with Crippen molar-refractivity contribution >= 4 is 11.8 Å². The minimum Gasteiger partial charge on any atom is -0.454 e. The molecule has 0 spiro atoms. The van der Waals surface area contributed by atoms with Crippen molar-refractivity contribution in [1.29, 1.82) is 0 Å². The number of benzene rings is 2. The zero-order valence-corrected chi connectivity index (χ0v) is 15.3. The SMILES string of the molecule is Cc1ccc(C(=O)COC2OCC(OC(=O)c3ccc(C)cc3)CO2)cc1. The minimum atomic E-state index is -0.950. The molecule has 1 saturated heterocycles. The summed E-state index contributed by atoms with van der Waals surface area (Å²) in [5, 5.41) is 0. The molecule has 6 heteroatoms. The Hall–Kier alpha value is -2.54. The molecule has 0 amide bonds. The predicted molar refractivity (Wildman–Crippen MR) is 97.5 cm³/mol. The lowest BCUT2D eigenvalue weighted by molar-refractivity contribution is -0.323. The van der Waals surface area contributed by atoms with E-state index in [2.05, 4.69) is 0 Å². The van der Waals surface area contributed by atoms with Gasteiger partial charge in [0.1, 0.15) is 12.7 Å². The first kappa shape index (κ1) is 19.2. The van der Waals surface area contributed by atoms with Gasteiger partial charge in [-0.1, -0.05) is 47.5 Å². The van der Waals surface area contributed by atoms with Crippen LogP contribution in [0.1, 0.15) is 31.8 Å². The van der Waals surface area contributed by atoms with Crippen LogP contribution < -0.4 is 0 Å². The van der Waals surface area contributed by atoms with Crippen molar-refractivity contribution in [3.8, 4) is 0 Å². The summed E-state index contributed by atoms with van der Waals surface area (Å²) >= 11 is 0. The van der Waals surface area contributed by atoms with Gasteiger partial charge in [-0.15, -0.1) is 0 Å². The number of ketones is 1. The molecule has 2 aromatic carbocycles. The van der Waals surface area contributed by atoms with Gasteiger partial charge in [0, 0.05) is 5.56 Å². The Morgan fingerprint density at radius 1 is 0.889 bits per heavy atom. The van der Waals surface area contributed by atoms with E-state index in [1.165, 1.54) is 0 Å². The molecule has 0 saturated carbocycles. The monoisotopic (exact) mass is 370 g/mol. The molecule has 0 aromatic heterocycles. The zero-order valence-electron chi connectivity index (χ0n) is 15.3. The van der Waals surface area contributed by atoms with E-state index in [9.17, 15) is 9.59 Å². The average Bonchev–Trinajstić information content (AvgIpc) is 2.68. The molecule has 0 aliphatic carbocycles. The second kappa shape index (κ2) is 8.90. The highest BCUT2D eigenvalue weighted by molar-refractivity contribution is 5.97. The Balaban J connectivity index is 1.41. The summed E-state index contributed by atoms with van der Waals surface area (Å²) in [6, 6.07) is 14.4. The van der Waals surface area contributed by atoms with Gasteiger partial charge in [-0.25, -0.2) is 4.79 Å². The number of esters is 1. The van der Waals surface area contributed by atoms with Crippen LogP contribution in [0.25, 0.3) is 0 Å². The summed E-state index contributed by atoms with van der Waals surface area (Å²) < 4.78 is 21.5. The third kappa shape index (κ3) is 5.47. The number of rotatable bonds is 6.